The zero-order chi connectivity index (χ0) is 20.8. The van der Waals surface area contributed by atoms with Crippen LogP contribution in [0.1, 0.15) is 12.5 Å². The monoisotopic (exact) mass is 390 g/mol. The van der Waals surface area contributed by atoms with Gasteiger partial charge in [-0.2, -0.15) is 13.2 Å². The fourth-order valence-corrected chi connectivity index (χ4v) is 2.14. The van der Waals surface area contributed by atoms with Crippen molar-refractivity contribution in [3.8, 4) is 0 Å². The third-order valence-corrected chi connectivity index (χ3v) is 3.16. The Kier molecular flexibility index (Phi) is 7.35. The van der Waals surface area contributed by atoms with E-state index < -0.39 is 18.1 Å². The third-order valence-electron chi connectivity index (χ3n) is 3.16. The van der Waals surface area contributed by atoms with Crippen LogP contribution >= 0.6 is 0 Å². The van der Waals surface area contributed by atoms with E-state index in [1.165, 1.54) is 0 Å². The number of aliphatic carboxylic acids is 2. The van der Waals surface area contributed by atoms with Crippen molar-refractivity contribution in [3.05, 3.63) is 30.0 Å². The Morgan fingerprint density at radius 3 is 2.37 bits per heavy atom. The average molecular weight is 390 g/mol. The number of benzene rings is 1. The molecule has 2 aromatic rings. The molecule has 0 fully saturated rings. The maximum Gasteiger partial charge on any atom is 0.490 e. The summed E-state index contributed by atoms with van der Waals surface area (Å²) in [5.41, 5.74) is 7.90. The van der Waals surface area contributed by atoms with Crippen molar-refractivity contribution in [2.45, 2.75) is 25.6 Å². The number of carbonyl (C=O) groups excluding carboxylic acids is 1. The molecule has 1 heterocycles. The van der Waals surface area contributed by atoms with Crippen molar-refractivity contribution >= 4 is 35.0 Å². The Labute approximate surface area is 151 Å². The SMILES string of the molecule is CC(N)Cc1cc(N(C=O)CC(=O)O)cc2ccoc12.O=C(O)C(F)(F)F. The predicted octanol–water partition coefficient (Wildman–Crippen LogP) is 2.00. The van der Waals surface area contributed by atoms with Crippen LogP contribution in [0.2, 0.25) is 0 Å². The Hall–Kier alpha value is -3.08. The van der Waals surface area contributed by atoms with E-state index in [-0.39, 0.29) is 12.6 Å². The minimum Gasteiger partial charge on any atom is -0.480 e. The molecule has 4 N–H and O–H groups in total. The topological polar surface area (TPSA) is 134 Å². The molecule has 1 unspecified atom stereocenters. The number of carboxylic acids is 2. The summed E-state index contributed by atoms with van der Waals surface area (Å²) < 4.78 is 37.2. The Bertz CT molecular complexity index is 816. The average Bonchev–Trinajstić information content (AvgIpc) is 3.00. The Balaban J connectivity index is 0.000000445. The zero-order valence-electron chi connectivity index (χ0n) is 14.1. The first-order chi connectivity index (χ1) is 12.5. The number of amides is 1. The summed E-state index contributed by atoms with van der Waals surface area (Å²) in [6.45, 7) is 1.49. The molecule has 11 heteroatoms. The van der Waals surface area contributed by atoms with Crippen LogP contribution in [0.5, 0.6) is 0 Å². The van der Waals surface area contributed by atoms with Gasteiger partial charge in [0.1, 0.15) is 12.1 Å². The van der Waals surface area contributed by atoms with Gasteiger partial charge in [0, 0.05) is 17.1 Å². The number of alkyl halides is 3. The number of hydrogen-bond acceptors (Lipinski definition) is 5. The van der Waals surface area contributed by atoms with E-state index in [4.69, 9.17) is 25.2 Å². The maximum absolute atomic E-state index is 11.1. The summed E-state index contributed by atoms with van der Waals surface area (Å²) in [5.74, 6) is -3.83. The van der Waals surface area contributed by atoms with Crippen LogP contribution in [-0.4, -0.2) is 47.3 Å². The van der Waals surface area contributed by atoms with Crippen LogP contribution < -0.4 is 10.6 Å². The molecule has 0 saturated heterocycles. The zero-order valence-corrected chi connectivity index (χ0v) is 14.1. The Morgan fingerprint density at radius 2 is 1.93 bits per heavy atom. The maximum atomic E-state index is 11.1. The highest BCUT2D eigenvalue weighted by molar-refractivity contribution is 5.91. The van der Waals surface area contributed by atoms with Gasteiger partial charge in [-0.25, -0.2) is 4.79 Å². The van der Waals surface area contributed by atoms with Gasteiger partial charge >= 0.3 is 18.1 Å². The van der Waals surface area contributed by atoms with Crippen molar-refractivity contribution in [3.63, 3.8) is 0 Å². The van der Waals surface area contributed by atoms with Crippen LogP contribution in [0.15, 0.2) is 28.9 Å². The first kappa shape index (κ1) is 22.0. The minimum atomic E-state index is -5.08. The van der Waals surface area contributed by atoms with Crippen LogP contribution in [0.3, 0.4) is 0 Å². The van der Waals surface area contributed by atoms with Gasteiger partial charge in [0.25, 0.3) is 0 Å². The van der Waals surface area contributed by atoms with Gasteiger partial charge in [0.05, 0.1) is 6.26 Å². The molecule has 0 aliphatic carbocycles. The molecular formula is C16H17F3N2O6. The summed E-state index contributed by atoms with van der Waals surface area (Å²) in [6.07, 6.45) is -2.44. The third kappa shape index (κ3) is 6.62. The summed E-state index contributed by atoms with van der Waals surface area (Å²) in [6, 6.07) is 5.17. The van der Waals surface area contributed by atoms with E-state index in [9.17, 15) is 22.8 Å². The largest absolute Gasteiger partial charge is 0.490 e. The van der Waals surface area contributed by atoms with E-state index in [0.717, 1.165) is 15.8 Å². The lowest BCUT2D eigenvalue weighted by Crippen LogP contribution is -2.28. The summed E-state index contributed by atoms with van der Waals surface area (Å²) in [7, 11) is 0. The van der Waals surface area contributed by atoms with Crippen LogP contribution in [0, 0.1) is 0 Å². The minimum absolute atomic E-state index is 0.0669. The molecule has 27 heavy (non-hydrogen) atoms. The highest BCUT2D eigenvalue weighted by Crippen LogP contribution is 2.27. The summed E-state index contributed by atoms with van der Waals surface area (Å²) >= 11 is 0. The number of carbonyl (C=O) groups is 3. The number of nitrogens with two attached hydrogens (primary N) is 1. The molecule has 0 aliphatic rings. The smallest absolute Gasteiger partial charge is 0.480 e. The van der Waals surface area contributed by atoms with Crippen LogP contribution in [0.4, 0.5) is 18.9 Å². The van der Waals surface area contributed by atoms with E-state index in [1.54, 1.807) is 24.5 Å². The number of fused-ring (bicyclic) bond motifs is 1. The van der Waals surface area contributed by atoms with E-state index in [2.05, 4.69) is 0 Å². The first-order valence-corrected chi connectivity index (χ1v) is 7.45. The molecule has 1 aromatic carbocycles. The number of halogens is 3. The summed E-state index contributed by atoms with van der Waals surface area (Å²) in [5, 5.41) is 16.8. The van der Waals surface area contributed by atoms with Gasteiger partial charge in [-0.3, -0.25) is 9.59 Å². The molecule has 1 amide bonds. The van der Waals surface area contributed by atoms with Crippen molar-refractivity contribution in [2.24, 2.45) is 5.73 Å². The second-order valence-corrected chi connectivity index (χ2v) is 5.56. The van der Waals surface area contributed by atoms with Gasteiger partial charge in [0.15, 0.2) is 0 Å². The quantitative estimate of drug-likeness (QED) is 0.642. The number of anilines is 1. The molecule has 8 nitrogen and oxygen atoms in total. The fourth-order valence-electron chi connectivity index (χ4n) is 2.14. The molecule has 148 valence electrons. The van der Waals surface area contributed by atoms with Gasteiger partial charge < -0.3 is 25.3 Å². The van der Waals surface area contributed by atoms with Gasteiger partial charge in [-0.15, -0.1) is 0 Å². The number of nitrogens with zero attached hydrogens (tertiary/aromatic N) is 1. The lowest BCUT2D eigenvalue weighted by atomic mass is 10.0. The molecule has 0 bridgehead atoms. The second kappa shape index (κ2) is 9.03. The van der Waals surface area contributed by atoms with Crippen molar-refractivity contribution < 1.29 is 42.2 Å². The highest BCUT2D eigenvalue weighted by atomic mass is 19.4. The van der Waals surface area contributed by atoms with E-state index in [0.29, 0.717) is 24.1 Å². The molecule has 0 aliphatic heterocycles. The number of furan rings is 1. The lowest BCUT2D eigenvalue weighted by Gasteiger charge is -2.17. The van der Waals surface area contributed by atoms with E-state index >= 15 is 0 Å². The van der Waals surface area contributed by atoms with E-state index in [1.807, 2.05) is 6.92 Å². The molecule has 0 saturated carbocycles. The number of rotatable bonds is 6. The second-order valence-electron chi connectivity index (χ2n) is 5.56. The highest BCUT2D eigenvalue weighted by Gasteiger charge is 2.38. The molecular weight excluding hydrogens is 373 g/mol. The van der Waals surface area contributed by atoms with Crippen LogP contribution in [0.25, 0.3) is 11.0 Å². The standard InChI is InChI=1S/C14H16N2O4.C2HF3O2/c1-9(15)4-11-6-12(16(8-17)7-13(18)19)5-10-2-3-20-14(10)11;3-2(4,5)1(6)7/h2-3,5-6,8-9H,4,7,15H2,1H3,(H,18,19);(H,6,7). The van der Waals surface area contributed by atoms with Crippen molar-refractivity contribution in [2.75, 3.05) is 11.4 Å². The summed E-state index contributed by atoms with van der Waals surface area (Å²) in [4.78, 5) is 31.9. The molecule has 2 rings (SSSR count). The molecule has 0 spiro atoms. The molecule has 1 atom stereocenters. The lowest BCUT2D eigenvalue weighted by molar-refractivity contribution is -0.192. The number of hydrogen-bond donors (Lipinski definition) is 3. The fraction of sp³-hybridized carbons (Fsp3) is 0.312. The van der Waals surface area contributed by atoms with Gasteiger partial charge in [-0.1, -0.05) is 0 Å². The van der Waals surface area contributed by atoms with Gasteiger partial charge in [0.2, 0.25) is 6.41 Å². The molecule has 1 aromatic heterocycles. The van der Waals surface area contributed by atoms with Crippen molar-refractivity contribution in [1.29, 1.82) is 0 Å². The Morgan fingerprint density at radius 1 is 1.33 bits per heavy atom. The first-order valence-electron chi connectivity index (χ1n) is 7.45. The predicted molar refractivity (Wildman–Crippen MR) is 88.3 cm³/mol. The van der Waals surface area contributed by atoms with Crippen molar-refractivity contribution in [1.82, 2.24) is 0 Å². The van der Waals surface area contributed by atoms with Gasteiger partial charge in [-0.05, 0) is 37.1 Å². The number of carboxylic acid groups (broad SMARTS) is 2. The van der Waals surface area contributed by atoms with Crippen LogP contribution in [-0.2, 0) is 20.8 Å². The normalized spacial score (nSPS) is 12.0. The molecule has 0 radical (unpaired) electrons.